The van der Waals surface area contributed by atoms with Gasteiger partial charge in [0.25, 0.3) is 5.56 Å². The van der Waals surface area contributed by atoms with Crippen LogP contribution in [0.2, 0.25) is 0 Å². The predicted octanol–water partition coefficient (Wildman–Crippen LogP) is 3.02. The predicted molar refractivity (Wildman–Crippen MR) is 136 cm³/mol. The van der Waals surface area contributed by atoms with E-state index in [0.717, 1.165) is 43.0 Å². The first-order valence-electron chi connectivity index (χ1n) is 12.2. The van der Waals surface area contributed by atoms with E-state index in [9.17, 15) is 9.59 Å². The monoisotopic (exact) mass is 496 g/mol. The van der Waals surface area contributed by atoms with Crippen LogP contribution < -0.4 is 10.3 Å². The van der Waals surface area contributed by atoms with Crippen molar-refractivity contribution >= 4 is 27.5 Å². The highest BCUT2D eigenvalue weighted by atomic mass is 32.1. The number of carbonyl (C=O) groups excluding carboxylic acids is 1. The number of aromatic nitrogens is 2. The summed E-state index contributed by atoms with van der Waals surface area (Å²) in [5.41, 5.74) is 1.97. The number of hydrogen-bond acceptors (Lipinski definition) is 8. The second kappa shape index (κ2) is 10.5. The van der Waals surface area contributed by atoms with Crippen LogP contribution in [0.25, 0.3) is 10.2 Å². The smallest absolute Gasteiger partial charge is 0.343 e. The molecule has 0 unspecified atom stereocenters. The van der Waals surface area contributed by atoms with Gasteiger partial charge < -0.3 is 18.9 Å². The van der Waals surface area contributed by atoms with Crippen molar-refractivity contribution in [3.8, 4) is 5.75 Å². The molecule has 2 aromatic heterocycles. The highest BCUT2D eigenvalue weighted by Gasteiger charge is 2.27. The molecule has 0 saturated carbocycles. The Morgan fingerprint density at radius 3 is 2.86 bits per heavy atom. The summed E-state index contributed by atoms with van der Waals surface area (Å²) in [5, 5.41) is 1.05. The van der Waals surface area contributed by atoms with E-state index in [2.05, 4.69) is 22.9 Å². The van der Waals surface area contributed by atoms with E-state index in [1.807, 2.05) is 18.2 Å². The molecule has 5 rings (SSSR count). The lowest BCUT2D eigenvalue weighted by atomic mass is 9.99. The van der Waals surface area contributed by atoms with Gasteiger partial charge in [0.15, 0.2) is 0 Å². The first-order valence-corrected chi connectivity index (χ1v) is 13.1. The van der Waals surface area contributed by atoms with E-state index in [4.69, 9.17) is 14.5 Å². The molecule has 9 heteroatoms. The zero-order valence-corrected chi connectivity index (χ0v) is 21.2. The third-order valence-corrected chi connectivity index (χ3v) is 7.99. The molecular weight excluding hydrogens is 464 g/mol. The summed E-state index contributed by atoms with van der Waals surface area (Å²) in [7, 11) is 3.49. The number of thiazole rings is 1. The van der Waals surface area contributed by atoms with Gasteiger partial charge in [-0.05, 0) is 38.6 Å². The van der Waals surface area contributed by atoms with Gasteiger partial charge in [-0.1, -0.05) is 12.1 Å². The van der Waals surface area contributed by atoms with Crippen LogP contribution in [0.15, 0.2) is 35.1 Å². The second-order valence-corrected chi connectivity index (χ2v) is 10.6. The third kappa shape index (κ3) is 5.27. The number of nitrogens with zero attached hydrogens (tertiary/aromatic N) is 4. The molecule has 186 valence electrons. The number of fused-ring (bicyclic) bond motifs is 2. The van der Waals surface area contributed by atoms with Crippen molar-refractivity contribution in [2.45, 2.75) is 32.4 Å². The topological polar surface area (TPSA) is 76.9 Å². The molecule has 35 heavy (non-hydrogen) atoms. The van der Waals surface area contributed by atoms with E-state index in [-0.39, 0.29) is 5.56 Å². The fourth-order valence-corrected chi connectivity index (χ4v) is 6.19. The van der Waals surface area contributed by atoms with E-state index < -0.39 is 5.97 Å². The lowest BCUT2D eigenvalue weighted by Gasteiger charge is -2.29. The average Bonchev–Trinajstić information content (AvgIpc) is 3.15. The molecule has 1 fully saturated rings. The second-order valence-electron chi connectivity index (χ2n) is 9.49. The highest BCUT2D eigenvalue weighted by molar-refractivity contribution is 7.18. The Morgan fingerprint density at radius 2 is 2.06 bits per heavy atom. The summed E-state index contributed by atoms with van der Waals surface area (Å²) in [4.78, 5) is 35.3. The number of hydrogen-bond donors (Lipinski definition) is 0. The number of ether oxygens (including phenoxy) is 2. The van der Waals surface area contributed by atoms with Crippen LogP contribution in [0.1, 0.15) is 33.9 Å². The highest BCUT2D eigenvalue weighted by Crippen LogP contribution is 2.27. The Labute approximate surface area is 209 Å². The van der Waals surface area contributed by atoms with Crippen molar-refractivity contribution in [1.82, 2.24) is 19.4 Å². The van der Waals surface area contributed by atoms with Crippen LogP contribution in [0.5, 0.6) is 5.75 Å². The van der Waals surface area contributed by atoms with Gasteiger partial charge in [-0.3, -0.25) is 9.69 Å². The molecule has 4 heterocycles. The van der Waals surface area contributed by atoms with E-state index >= 15 is 0 Å². The van der Waals surface area contributed by atoms with Crippen molar-refractivity contribution in [3.63, 3.8) is 0 Å². The van der Waals surface area contributed by atoms with Crippen LogP contribution in [-0.2, 0) is 24.2 Å². The number of rotatable bonds is 6. The number of para-hydroxylation sites is 1. The summed E-state index contributed by atoms with van der Waals surface area (Å²) >= 11 is 1.70. The molecule has 3 aromatic rings. The molecule has 8 nitrogen and oxygen atoms in total. The van der Waals surface area contributed by atoms with Gasteiger partial charge in [0, 0.05) is 50.3 Å². The molecule has 1 saturated heterocycles. The summed E-state index contributed by atoms with van der Waals surface area (Å²) in [6.45, 7) is 5.19. The lowest BCUT2D eigenvalue weighted by Crippen LogP contribution is -2.35. The van der Waals surface area contributed by atoms with E-state index in [0.29, 0.717) is 55.6 Å². The lowest BCUT2D eigenvalue weighted by molar-refractivity contribution is 0.0590. The number of piperidine rings is 1. The van der Waals surface area contributed by atoms with Gasteiger partial charge in [0.2, 0.25) is 0 Å². The van der Waals surface area contributed by atoms with Crippen LogP contribution >= 0.6 is 11.3 Å². The van der Waals surface area contributed by atoms with E-state index in [1.54, 1.807) is 15.9 Å². The largest absolute Gasteiger partial charge is 0.492 e. The Balaban J connectivity index is 1.36. The van der Waals surface area contributed by atoms with E-state index in [1.165, 1.54) is 17.9 Å². The van der Waals surface area contributed by atoms with Crippen molar-refractivity contribution in [3.05, 3.63) is 57.0 Å². The zero-order chi connectivity index (χ0) is 24.4. The molecule has 0 N–H and O–H groups in total. The Hall–Kier alpha value is -2.75. The zero-order valence-electron chi connectivity index (χ0n) is 20.4. The molecule has 0 radical (unpaired) electrons. The standard InChI is InChI=1S/C26H32N4O4S/c1-28-10-5-6-18(15-28)17-34-21-14-24(31)30-13-12-29(11-9-20(30)25(21)26(32)33-2)16-23-27-19-7-3-4-8-22(19)35-23/h3-4,7-8,14,18H,5-6,9-13,15-17H2,1-2H3/t18-/m0/s1. The summed E-state index contributed by atoms with van der Waals surface area (Å²) in [6.07, 6.45) is 2.78. The molecule has 1 aromatic carbocycles. The van der Waals surface area contributed by atoms with Gasteiger partial charge in [-0.2, -0.15) is 0 Å². The quantitative estimate of drug-likeness (QED) is 0.486. The van der Waals surface area contributed by atoms with Gasteiger partial charge in [-0.25, -0.2) is 9.78 Å². The number of pyridine rings is 1. The van der Waals surface area contributed by atoms with Crippen molar-refractivity contribution < 1.29 is 14.3 Å². The maximum Gasteiger partial charge on any atom is 0.343 e. The molecule has 2 aliphatic rings. The number of likely N-dealkylation sites (tertiary alicyclic amines) is 1. The minimum atomic E-state index is -0.455. The Morgan fingerprint density at radius 1 is 1.20 bits per heavy atom. The van der Waals surface area contributed by atoms with Gasteiger partial charge >= 0.3 is 5.97 Å². The van der Waals surface area contributed by atoms with Crippen LogP contribution in [0, 0.1) is 5.92 Å². The maximum atomic E-state index is 13.1. The Kier molecular flexibility index (Phi) is 7.17. The van der Waals surface area contributed by atoms with Gasteiger partial charge in [0.05, 0.1) is 30.5 Å². The summed E-state index contributed by atoms with van der Waals surface area (Å²) in [6, 6.07) is 9.61. The molecule has 0 aliphatic carbocycles. The molecule has 2 aliphatic heterocycles. The molecule has 1 atom stereocenters. The molecule has 0 bridgehead atoms. The number of esters is 1. The van der Waals surface area contributed by atoms with Crippen LogP contribution in [0.4, 0.5) is 0 Å². The maximum absolute atomic E-state index is 13.1. The van der Waals surface area contributed by atoms with Crippen molar-refractivity contribution in [1.29, 1.82) is 0 Å². The summed E-state index contributed by atoms with van der Waals surface area (Å²) < 4.78 is 14.1. The first-order chi connectivity index (χ1) is 17.0. The fourth-order valence-electron chi connectivity index (χ4n) is 5.18. The van der Waals surface area contributed by atoms with Crippen LogP contribution in [0.3, 0.4) is 0 Å². The summed E-state index contributed by atoms with van der Waals surface area (Å²) in [5.74, 6) is 0.273. The van der Waals surface area contributed by atoms with Crippen molar-refractivity contribution in [2.24, 2.45) is 5.92 Å². The van der Waals surface area contributed by atoms with Gasteiger partial charge in [-0.15, -0.1) is 11.3 Å². The third-order valence-electron chi connectivity index (χ3n) is 6.97. The van der Waals surface area contributed by atoms with Crippen molar-refractivity contribution in [2.75, 3.05) is 46.9 Å². The average molecular weight is 497 g/mol. The normalized spacial score (nSPS) is 19.3. The first kappa shape index (κ1) is 24.0. The molecule has 0 amide bonds. The minimum Gasteiger partial charge on any atom is -0.492 e. The minimum absolute atomic E-state index is 0.134. The van der Waals surface area contributed by atoms with Gasteiger partial charge in [0.1, 0.15) is 16.3 Å². The fraction of sp³-hybridized carbons (Fsp3) is 0.500. The Bertz CT molecular complexity index is 1240. The number of methoxy groups -OCH3 is 1. The molecule has 0 spiro atoms. The SMILES string of the molecule is COC(=O)c1c(OC[C@H]2CCCN(C)C2)cc(=O)n2c1CCN(Cc1nc3ccccc3s1)CC2. The number of carbonyl (C=O) groups is 1. The molecular formula is C26H32N4O4S. The number of benzene rings is 1. The van der Waals surface area contributed by atoms with Crippen LogP contribution in [-0.4, -0.2) is 72.3 Å².